The molecule has 174 valence electrons. The molecule has 0 saturated carbocycles. The number of ether oxygens (including phenoxy) is 3. The third kappa shape index (κ3) is 6.92. The van der Waals surface area contributed by atoms with Crippen LogP contribution in [0.5, 0.6) is 0 Å². The van der Waals surface area contributed by atoms with Crippen LogP contribution < -0.4 is 5.32 Å². The summed E-state index contributed by atoms with van der Waals surface area (Å²) in [4.78, 5) is 9.92. The van der Waals surface area contributed by atoms with E-state index in [1.165, 1.54) is 32.2 Å². The van der Waals surface area contributed by atoms with Gasteiger partial charge in [0.1, 0.15) is 0 Å². The lowest BCUT2D eigenvalue weighted by Gasteiger charge is -2.36. The number of piperidine rings is 1. The van der Waals surface area contributed by atoms with Gasteiger partial charge in [-0.3, -0.25) is 9.89 Å². The number of rotatable bonds is 6. The number of nitrogens with zero attached hydrogens (tertiary/aromatic N) is 3. The molecule has 4 rings (SSSR count). The first-order valence-electron chi connectivity index (χ1n) is 11.9. The number of aliphatic imine (C=N–C) groups is 1. The number of nitrogens with one attached hydrogen (secondary N) is 1. The number of hydrogen-bond donors (Lipinski definition) is 1. The van der Waals surface area contributed by atoms with E-state index in [2.05, 4.69) is 22.0 Å². The second kappa shape index (κ2) is 12.8. The maximum atomic E-state index is 6.17. The number of guanidine groups is 1. The summed E-state index contributed by atoms with van der Waals surface area (Å²) in [6.07, 6.45) is 9.26. The van der Waals surface area contributed by atoms with E-state index in [1.807, 2.05) is 0 Å². The molecule has 8 heteroatoms. The Labute approximate surface area is 199 Å². The third-order valence-corrected chi connectivity index (χ3v) is 6.77. The second-order valence-corrected chi connectivity index (χ2v) is 8.95. The molecule has 1 N–H and O–H groups in total. The van der Waals surface area contributed by atoms with Crippen LogP contribution in [0.2, 0.25) is 0 Å². The third-order valence-electron chi connectivity index (χ3n) is 6.77. The fourth-order valence-electron chi connectivity index (χ4n) is 5.03. The molecule has 7 nitrogen and oxygen atoms in total. The summed E-state index contributed by atoms with van der Waals surface area (Å²) in [6.45, 7) is 10.6. The van der Waals surface area contributed by atoms with Crippen molar-refractivity contribution in [3.63, 3.8) is 0 Å². The van der Waals surface area contributed by atoms with Gasteiger partial charge in [-0.1, -0.05) is 0 Å². The first-order valence-corrected chi connectivity index (χ1v) is 11.9. The zero-order valence-electron chi connectivity index (χ0n) is 18.6. The van der Waals surface area contributed by atoms with Gasteiger partial charge in [0.25, 0.3) is 0 Å². The van der Waals surface area contributed by atoms with Crippen molar-refractivity contribution in [2.24, 2.45) is 4.99 Å². The highest BCUT2D eigenvalue weighted by molar-refractivity contribution is 14.0. The molecule has 0 bridgehead atoms. The number of likely N-dealkylation sites (tertiary alicyclic amines) is 1. The average molecular weight is 536 g/mol. The Hall–Kier alpha value is -0.160. The molecule has 0 aromatic rings. The van der Waals surface area contributed by atoms with Gasteiger partial charge in [-0.2, -0.15) is 0 Å². The average Bonchev–Trinajstić information content (AvgIpc) is 3.24. The SMILES string of the molecule is CCNC(=NCC1CN2CCCC2CO1)N1CCC(OCC2CCCCO2)CC1.I. The van der Waals surface area contributed by atoms with E-state index in [4.69, 9.17) is 19.2 Å². The Morgan fingerprint density at radius 1 is 1.03 bits per heavy atom. The van der Waals surface area contributed by atoms with Crippen LogP contribution in [-0.2, 0) is 14.2 Å². The first kappa shape index (κ1) is 24.5. The topological polar surface area (TPSA) is 58.6 Å². The predicted octanol–water partition coefficient (Wildman–Crippen LogP) is 2.48. The molecule has 30 heavy (non-hydrogen) atoms. The minimum absolute atomic E-state index is 0. The van der Waals surface area contributed by atoms with Crippen molar-refractivity contribution in [3.8, 4) is 0 Å². The molecule has 0 radical (unpaired) electrons. The van der Waals surface area contributed by atoms with Crippen molar-refractivity contribution >= 4 is 29.9 Å². The van der Waals surface area contributed by atoms with Gasteiger partial charge in [0.15, 0.2) is 5.96 Å². The van der Waals surface area contributed by atoms with Gasteiger partial charge in [0.05, 0.1) is 38.1 Å². The summed E-state index contributed by atoms with van der Waals surface area (Å²) < 4.78 is 18.1. The zero-order valence-corrected chi connectivity index (χ0v) is 20.9. The lowest BCUT2D eigenvalue weighted by molar-refractivity contribution is -0.0721. The lowest BCUT2D eigenvalue weighted by atomic mass is 10.1. The van der Waals surface area contributed by atoms with E-state index in [0.29, 0.717) is 18.2 Å². The Bertz CT molecular complexity index is 525. The van der Waals surface area contributed by atoms with Gasteiger partial charge in [0.2, 0.25) is 0 Å². The van der Waals surface area contributed by atoms with Crippen molar-refractivity contribution in [2.75, 3.05) is 59.1 Å². The van der Waals surface area contributed by atoms with E-state index in [1.54, 1.807) is 0 Å². The van der Waals surface area contributed by atoms with E-state index < -0.39 is 0 Å². The van der Waals surface area contributed by atoms with E-state index in [-0.39, 0.29) is 30.1 Å². The van der Waals surface area contributed by atoms with E-state index >= 15 is 0 Å². The maximum Gasteiger partial charge on any atom is 0.194 e. The quantitative estimate of drug-likeness (QED) is 0.320. The van der Waals surface area contributed by atoms with Crippen LogP contribution in [0.3, 0.4) is 0 Å². The first-order chi connectivity index (χ1) is 14.3. The summed E-state index contributed by atoms with van der Waals surface area (Å²) in [5.74, 6) is 1.04. The number of hydrogen-bond acceptors (Lipinski definition) is 5. The van der Waals surface area contributed by atoms with Crippen LogP contribution in [0.1, 0.15) is 51.9 Å². The number of halogens is 1. The minimum Gasteiger partial charge on any atom is -0.376 e. The standard InChI is InChI=1S/C22H40N4O3.HI/c1-2-23-22(24-14-21-15-26-10-5-6-18(26)16-28-21)25-11-8-19(9-12-25)29-17-20-7-3-4-13-27-20;/h18-21H,2-17H2,1H3,(H,23,24);1H. The van der Waals surface area contributed by atoms with Gasteiger partial charge < -0.3 is 24.4 Å². The fourth-order valence-corrected chi connectivity index (χ4v) is 5.03. The highest BCUT2D eigenvalue weighted by atomic mass is 127. The normalized spacial score (nSPS) is 31.3. The Balaban J connectivity index is 0.00000256. The summed E-state index contributed by atoms with van der Waals surface area (Å²) in [7, 11) is 0. The van der Waals surface area contributed by atoms with Crippen LogP contribution in [0, 0.1) is 0 Å². The predicted molar refractivity (Wildman–Crippen MR) is 130 cm³/mol. The van der Waals surface area contributed by atoms with Crippen LogP contribution in [0.25, 0.3) is 0 Å². The van der Waals surface area contributed by atoms with E-state index in [9.17, 15) is 0 Å². The highest BCUT2D eigenvalue weighted by Crippen LogP contribution is 2.23. The minimum atomic E-state index is 0. The highest BCUT2D eigenvalue weighted by Gasteiger charge is 2.32. The Morgan fingerprint density at radius 3 is 2.67 bits per heavy atom. The molecular formula is C22H41IN4O3. The lowest BCUT2D eigenvalue weighted by Crippen LogP contribution is -2.49. The summed E-state index contributed by atoms with van der Waals surface area (Å²) >= 11 is 0. The summed E-state index contributed by atoms with van der Waals surface area (Å²) in [6, 6.07) is 0.654. The molecule has 4 aliphatic rings. The largest absolute Gasteiger partial charge is 0.376 e. The molecule has 3 unspecified atom stereocenters. The maximum absolute atomic E-state index is 6.17. The van der Waals surface area contributed by atoms with Crippen LogP contribution in [-0.4, -0.2) is 99.2 Å². The summed E-state index contributed by atoms with van der Waals surface area (Å²) in [5, 5.41) is 3.48. The molecule has 0 spiro atoms. The smallest absolute Gasteiger partial charge is 0.194 e. The Morgan fingerprint density at radius 2 is 1.90 bits per heavy atom. The van der Waals surface area contributed by atoms with Gasteiger partial charge in [-0.05, 0) is 58.4 Å². The molecule has 0 amide bonds. The van der Waals surface area contributed by atoms with Gasteiger partial charge in [-0.15, -0.1) is 24.0 Å². The van der Waals surface area contributed by atoms with Crippen LogP contribution in [0.4, 0.5) is 0 Å². The molecule has 4 heterocycles. The van der Waals surface area contributed by atoms with Gasteiger partial charge in [-0.25, -0.2) is 0 Å². The fraction of sp³-hybridized carbons (Fsp3) is 0.955. The molecule has 4 saturated heterocycles. The molecule has 0 aromatic heterocycles. The summed E-state index contributed by atoms with van der Waals surface area (Å²) in [5.41, 5.74) is 0. The molecular weight excluding hydrogens is 495 g/mol. The second-order valence-electron chi connectivity index (χ2n) is 8.95. The molecule has 3 atom stereocenters. The van der Waals surface area contributed by atoms with Crippen LogP contribution in [0.15, 0.2) is 4.99 Å². The van der Waals surface area contributed by atoms with Crippen molar-refractivity contribution in [1.82, 2.24) is 15.1 Å². The zero-order chi connectivity index (χ0) is 19.9. The van der Waals surface area contributed by atoms with Crippen molar-refractivity contribution in [3.05, 3.63) is 0 Å². The molecule has 4 fully saturated rings. The van der Waals surface area contributed by atoms with Gasteiger partial charge >= 0.3 is 0 Å². The monoisotopic (exact) mass is 536 g/mol. The Kier molecular flexibility index (Phi) is 10.4. The molecule has 0 aliphatic carbocycles. The number of morpholine rings is 1. The molecule has 0 aromatic carbocycles. The van der Waals surface area contributed by atoms with Crippen molar-refractivity contribution in [2.45, 2.75) is 76.2 Å². The van der Waals surface area contributed by atoms with E-state index in [0.717, 1.165) is 77.8 Å². The van der Waals surface area contributed by atoms with Crippen molar-refractivity contribution < 1.29 is 14.2 Å². The van der Waals surface area contributed by atoms with Gasteiger partial charge in [0, 0.05) is 38.8 Å². The van der Waals surface area contributed by atoms with Crippen LogP contribution >= 0.6 is 24.0 Å². The number of fused-ring (bicyclic) bond motifs is 1. The van der Waals surface area contributed by atoms with Crippen molar-refractivity contribution in [1.29, 1.82) is 0 Å². The molecule has 4 aliphatic heterocycles.